The lowest BCUT2D eigenvalue weighted by atomic mass is 10.1. The first-order valence-corrected chi connectivity index (χ1v) is 6.00. The van der Waals surface area contributed by atoms with Crippen molar-refractivity contribution in [2.24, 2.45) is 0 Å². The Morgan fingerprint density at radius 1 is 1.30 bits per heavy atom. The number of benzene rings is 1. The minimum Gasteiger partial charge on any atom is -0.478 e. The predicted octanol–water partition coefficient (Wildman–Crippen LogP) is 3.23. The van der Waals surface area contributed by atoms with Gasteiger partial charge in [-0.1, -0.05) is 13.8 Å². The van der Waals surface area contributed by atoms with E-state index in [2.05, 4.69) is 9.97 Å². The average Bonchev–Trinajstić information content (AvgIpc) is 2.38. The highest BCUT2D eigenvalue weighted by Crippen LogP contribution is 2.23. The lowest BCUT2D eigenvalue weighted by Gasteiger charge is -2.08. The number of carbonyl (C=O) groups is 1. The van der Waals surface area contributed by atoms with Gasteiger partial charge in [0.1, 0.15) is 17.9 Å². The van der Waals surface area contributed by atoms with Crippen LogP contribution in [0.5, 0.6) is 11.6 Å². The zero-order valence-corrected chi connectivity index (χ0v) is 11.0. The van der Waals surface area contributed by atoms with Crippen LogP contribution in [-0.2, 0) is 0 Å². The van der Waals surface area contributed by atoms with Gasteiger partial charge in [0.05, 0.1) is 11.3 Å². The summed E-state index contributed by atoms with van der Waals surface area (Å²) in [5, 5.41) is 8.74. The normalized spacial score (nSPS) is 10.6. The highest BCUT2D eigenvalue weighted by Gasteiger charge is 2.12. The van der Waals surface area contributed by atoms with Crippen molar-refractivity contribution < 1.29 is 19.0 Å². The monoisotopic (exact) mass is 276 g/mol. The highest BCUT2D eigenvalue weighted by atomic mass is 19.1. The molecule has 6 heteroatoms. The molecule has 0 unspecified atom stereocenters. The Kier molecular flexibility index (Phi) is 3.93. The van der Waals surface area contributed by atoms with E-state index in [1.54, 1.807) is 6.07 Å². The quantitative estimate of drug-likeness (QED) is 0.928. The number of hydrogen-bond donors (Lipinski definition) is 1. The maximum Gasteiger partial charge on any atom is 0.338 e. The molecule has 1 heterocycles. The van der Waals surface area contributed by atoms with E-state index in [4.69, 9.17) is 9.84 Å². The molecule has 0 saturated carbocycles. The molecule has 0 amide bonds. The Morgan fingerprint density at radius 2 is 2.05 bits per heavy atom. The fourth-order valence-electron chi connectivity index (χ4n) is 1.58. The molecule has 0 aliphatic heterocycles. The molecule has 1 aromatic carbocycles. The Bertz CT molecular complexity index is 644. The highest BCUT2D eigenvalue weighted by molar-refractivity contribution is 5.88. The average molecular weight is 276 g/mol. The summed E-state index contributed by atoms with van der Waals surface area (Å²) in [7, 11) is 0. The van der Waals surface area contributed by atoms with Gasteiger partial charge < -0.3 is 9.84 Å². The topological polar surface area (TPSA) is 72.3 Å². The second-order valence-electron chi connectivity index (χ2n) is 4.48. The van der Waals surface area contributed by atoms with E-state index >= 15 is 0 Å². The smallest absolute Gasteiger partial charge is 0.338 e. The van der Waals surface area contributed by atoms with Gasteiger partial charge in [0, 0.05) is 12.1 Å². The van der Waals surface area contributed by atoms with E-state index < -0.39 is 17.3 Å². The number of aromatic carboxylic acids is 1. The fourth-order valence-corrected chi connectivity index (χ4v) is 1.58. The second-order valence-corrected chi connectivity index (χ2v) is 4.48. The van der Waals surface area contributed by atoms with Crippen LogP contribution in [0.1, 0.15) is 35.8 Å². The maximum atomic E-state index is 13.5. The number of hydrogen-bond acceptors (Lipinski definition) is 4. The van der Waals surface area contributed by atoms with Crippen LogP contribution in [0.3, 0.4) is 0 Å². The summed E-state index contributed by atoms with van der Waals surface area (Å²) in [6, 6.07) is 5.20. The van der Waals surface area contributed by atoms with E-state index in [0.29, 0.717) is 0 Å². The molecule has 0 aliphatic rings. The standard InChI is InChI=1S/C14H13FN2O3/c1-8(2)12-6-13(17-7-16-12)20-9-3-4-10(14(18)19)11(15)5-9/h3-8H,1-2H3,(H,18,19). The first-order valence-electron chi connectivity index (χ1n) is 6.00. The fraction of sp³-hybridized carbons (Fsp3) is 0.214. The second kappa shape index (κ2) is 5.64. The molecule has 0 radical (unpaired) electrons. The Hall–Kier alpha value is -2.50. The van der Waals surface area contributed by atoms with E-state index in [9.17, 15) is 9.18 Å². The molecule has 0 bridgehead atoms. The third-order valence-electron chi connectivity index (χ3n) is 2.65. The zero-order chi connectivity index (χ0) is 14.7. The Labute approximate surface area is 115 Å². The minimum absolute atomic E-state index is 0.181. The summed E-state index contributed by atoms with van der Waals surface area (Å²) >= 11 is 0. The Morgan fingerprint density at radius 3 is 2.65 bits per heavy atom. The van der Waals surface area contributed by atoms with Gasteiger partial charge in [0.2, 0.25) is 5.88 Å². The summed E-state index contributed by atoms with van der Waals surface area (Å²) in [5.41, 5.74) is 0.403. The van der Waals surface area contributed by atoms with Gasteiger partial charge >= 0.3 is 5.97 Å². The van der Waals surface area contributed by atoms with Crippen molar-refractivity contribution in [3.63, 3.8) is 0 Å². The van der Waals surface area contributed by atoms with Gasteiger partial charge in [0.25, 0.3) is 0 Å². The molecule has 1 aromatic heterocycles. The summed E-state index contributed by atoms with van der Waals surface area (Å²) in [6.45, 7) is 3.96. The van der Waals surface area contributed by atoms with Crippen LogP contribution in [0.4, 0.5) is 4.39 Å². The summed E-state index contributed by atoms with van der Waals surface area (Å²) in [4.78, 5) is 18.7. The van der Waals surface area contributed by atoms with E-state index in [1.165, 1.54) is 12.4 Å². The van der Waals surface area contributed by atoms with Crippen LogP contribution in [0, 0.1) is 5.82 Å². The molecule has 0 aliphatic carbocycles. The van der Waals surface area contributed by atoms with Gasteiger partial charge in [0.15, 0.2) is 0 Å². The van der Waals surface area contributed by atoms with E-state index in [0.717, 1.165) is 17.8 Å². The van der Waals surface area contributed by atoms with Crippen LogP contribution >= 0.6 is 0 Å². The number of nitrogens with zero attached hydrogens (tertiary/aromatic N) is 2. The molecule has 20 heavy (non-hydrogen) atoms. The minimum atomic E-state index is -1.32. The Balaban J connectivity index is 2.24. The summed E-state index contributed by atoms with van der Waals surface area (Å²) in [6.07, 6.45) is 1.37. The number of rotatable bonds is 4. The van der Waals surface area contributed by atoms with Gasteiger partial charge in [-0.15, -0.1) is 0 Å². The first-order chi connectivity index (χ1) is 9.47. The summed E-state index contributed by atoms with van der Waals surface area (Å²) in [5.74, 6) is -1.50. The van der Waals surface area contributed by atoms with E-state index in [-0.39, 0.29) is 17.5 Å². The molecule has 2 rings (SSSR count). The number of ether oxygens (including phenoxy) is 1. The molecule has 5 nitrogen and oxygen atoms in total. The van der Waals surface area contributed by atoms with Crippen molar-refractivity contribution >= 4 is 5.97 Å². The number of halogens is 1. The first kappa shape index (κ1) is 13.9. The molecule has 0 spiro atoms. The molecular formula is C14H13FN2O3. The van der Waals surface area contributed by atoms with Crippen LogP contribution in [-0.4, -0.2) is 21.0 Å². The van der Waals surface area contributed by atoms with Crippen molar-refractivity contribution in [1.82, 2.24) is 9.97 Å². The molecule has 0 fully saturated rings. The van der Waals surface area contributed by atoms with Gasteiger partial charge in [-0.2, -0.15) is 0 Å². The van der Waals surface area contributed by atoms with Crippen molar-refractivity contribution in [2.45, 2.75) is 19.8 Å². The largest absolute Gasteiger partial charge is 0.478 e. The molecule has 0 atom stereocenters. The molecule has 2 aromatic rings. The molecular weight excluding hydrogens is 263 g/mol. The third kappa shape index (κ3) is 3.09. The van der Waals surface area contributed by atoms with Crippen molar-refractivity contribution in [1.29, 1.82) is 0 Å². The van der Waals surface area contributed by atoms with Crippen molar-refractivity contribution in [3.05, 3.63) is 47.7 Å². The third-order valence-corrected chi connectivity index (χ3v) is 2.65. The van der Waals surface area contributed by atoms with Gasteiger partial charge in [-0.05, 0) is 18.1 Å². The van der Waals surface area contributed by atoms with Crippen LogP contribution in [0.15, 0.2) is 30.6 Å². The van der Waals surface area contributed by atoms with Crippen LogP contribution in [0.25, 0.3) is 0 Å². The zero-order valence-electron chi connectivity index (χ0n) is 11.0. The molecule has 1 N–H and O–H groups in total. The molecule has 104 valence electrons. The van der Waals surface area contributed by atoms with Crippen molar-refractivity contribution in [3.8, 4) is 11.6 Å². The number of aromatic nitrogens is 2. The predicted molar refractivity (Wildman–Crippen MR) is 69.6 cm³/mol. The number of carboxylic acids is 1. The van der Waals surface area contributed by atoms with Crippen LogP contribution < -0.4 is 4.74 Å². The maximum absolute atomic E-state index is 13.5. The lowest BCUT2D eigenvalue weighted by Crippen LogP contribution is -2.01. The van der Waals surface area contributed by atoms with E-state index in [1.807, 2.05) is 13.8 Å². The van der Waals surface area contributed by atoms with Crippen molar-refractivity contribution in [2.75, 3.05) is 0 Å². The SMILES string of the molecule is CC(C)c1cc(Oc2ccc(C(=O)O)c(F)c2)ncn1. The summed E-state index contributed by atoms with van der Waals surface area (Å²) < 4.78 is 18.9. The number of carboxylic acid groups (broad SMARTS) is 1. The van der Waals surface area contributed by atoms with Gasteiger partial charge in [-0.25, -0.2) is 19.2 Å². The van der Waals surface area contributed by atoms with Gasteiger partial charge in [-0.3, -0.25) is 0 Å². The lowest BCUT2D eigenvalue weighted by molar-refractivity contribution is 0.0692. The van der Waals surface area contributed by atoms with Crippen LogP contribution in [0.2, 0.25) is 0 Å². The molecule has 0 saturated heterocycles.